The standard InChI is InChI=1S/C22H19FN4O/c23-20-13-18(5-8-21(20)27-12-9-24-16-27)15-25-22(28)14-17-3-6-19(7-4-17)26-10-1-2-11-26/h1-13,16H,14-15H2,(H,25,28). The first kappa shape index (κ1) is 17.7. The fourth-order valence-corrected chi connectivity index (χ4v) is 3.01. The Balaban J connectivity index is 1.34. The van der Waals surface area contributed by atoms with Gasteiger partial charge in [0, 0.05) is 37.0 Å². The summed E-state index contributed by atoms with van der Waals surface area (Å²) in [6.07, 6.45) is 9.04. The van der Waals surface area contributed by atoms with Gasteiger partial charge >= 0.3 is 0 Å². The average molecular weight is 374 g/mol. The highest BCUT2D eigenvalue weighted by Gasteiger charge is 2.08. The van der Waals surface area contributed by atoms with Crippen LogP contribution in [0.15, 0.2) is 85.7 Å². The third-order valence-electron chi connectivity index (χ3n) is 4.49. The summed E-state index contributed by atoms with van der Waals surface area (Å²) in [7, 11) is 0. The molecule has 0 bridgehead atoms. The van der Waals surface area contributed by atoms with Gasteiger partial charge in [0.2, 0.25) is 5.91 Å². The van der Waals surface area contributed by atoms with Crippen LogP contribution in [-0.4, -0.2) is 20.0 Å². The lowest BCUT2D eigenvalue weighted by Crippen LogP contribution is -2.24. The number of rotatable bonds is 6. The van der Waals surface area contributed by atoms with Crippen LogP contribution in [0, 0.1) is 5.82 Å². The molecule has 0 spiro atoms. The van der Waals surface area contributed by atoms with E-state index in [0.717, 1.165) is 11.3 Å². The van der Waals surface area contributed by atoms with Crippen LogP contribution in [0.25, 0.3) is 11.4 Å². The molecule has 5 nitrogen and oxygen atoms in total. The summed E-state index contributed by atoms with van der Waals surface area (Å²) in [4.78, 5) is 16.1. The first-order valence-corrected chi connectivity index (χ1v) is 8.95. The molecule has 0 radical (unpaired) electrons. The minimum Gasteiger partial charge on any atom is -0.352 e. The van der Waals surface area contributed by atoms with Gasteiger partial charge in [-0.15, -0.1) is 0 Å². The van der Waals surface area contributed by atoms with Gasteiger partial charge in [-0.1, -0.05) is 18.2 Å². The van der Waals surface area contributed by atoms with E-state index in [2.05, 4.69) is 10.3 Å². The lowest BCUT2D eigenvalue weighted by atomic mass is 10.1. The number of nitrogens with one attached hydrogen (secondary N) is 1. The Hall–Kier alpha value is -3.67. The summed E-state index contributed by atoms with van der Waals surface area (Å²) in [5.74, 6) is -0.460. The molecule has 1 N–H and O–H groups in total. The molecule has 140 valence electrons. The van der Waals surface area contributed by atoms with Gasteiger partial charge in [0.1, 0.15) is 5.82 Å². The van der Waals surface area contributed by atoms with Crippen molar-refractivity contribution in [2.24, 2.45) is 0 Å². The van der Waals surface area contributed by atoms with Crippen molar-refractivity contribution in [2.75, 3.05) is 0 Å². The molecule has 6 heteroatoms. The summed E-state index contributed by atoms with van der Waals surface area (Å²) < 4.78 is 17.9. The van der Waals surface area contributed by atoms with E-state index in [0.29, 0.717) is 11.3 Å². The van der Waals surface area contributed by atoms with Crippen molar-refractivity contribution >= 4 is 5.91 Å². The molecule has 0 aliphatic carbocycles. The van der Waals surface area contributed by atoms with Gasteiger partial charge in [-0.3, -0.25) is 4.79 Å². The highest BCUT2D eigenvalue weighted by Crippen LogP contribution is 2.15. The fourth-order valence-electron chi connectivity index (χ4n) is 3.01. The number of halogens is 1. The molecule has 2 aromatic heterocycles. The second-order valence-electron chi connectivity index (χ2n) is 6.47. The van der Waals surface area contributed by atoms with E-state index in [1.807, 2.05) is 53.4 Å². The quantitative estimate of drug-likeness (QED) is 0.560. The van der Waals surface area contributed by atoms with E-state index in [1.54, 1.807) is 35.4 Å². The molecule has 2 aromatic carbocycles. The maximum Gasteiger partial charge on any atom is 0.224 e. The normalized spacial score (nSPS) is 10.8. The number of amides is 1. The summed E-state index contributed by atoms with van der Waals surface area (Å²) in [6.45, 7) is 0.279. The number of nitrogens with zero attached hydrogens (tertiary/aromatic N) is 3. The monoisotopic (exact) mass is 374 g/mol. The van der Waals surface area contributed by atoms with Crippen molar-refractivity contribution in [1.82, 2.24) is 19.4 Å². The minimum atomic E-state index is -0.356. The van der Waals surface area contributed by atoms with Crippen LogP contribution in [0.3, 0.4) is 0 Å². The fraction of sp³-hybridized carbons (Fsp3) is 0.0909. The van der Waals surface area contributed by atoms with Gasteiger partial charge < -0.3 is 14.5 Å². The smallest absolute Gasteiger partial charge is 0.224 e. The van der Waals surface area contributed by atoms with Crippen molar-refractivity contribution in [2.45, 2.75) is 13.0 Å². The molecule has 0 aliphatic rings. The van der Waals surface area contributed by atoms with E-state index >= 15 is 0 Å². The second-order valence-corrected chi connectivity index (χ2v) is 6.47. The summed E-state index contributed by atoms with van der Waals surface area (Å²) in [6, 6.07) is 16.7. The number of carbonyl (C=O) groups is 1. The highest BCUT2D eigenvalue weighted by atomic mass is 19.1. The van der Waals surface area contributed by atoms with Gasteiger partial charge in [-0.05, 0) is 47.5 Å². The topological polar surface area (TPSA) is 51.9 Å². The van der Waals surface area contributed by atoms with Crippen molar-refractivity contribution < 1.29 is 9.18 Å². The first-order valence-electron chi connectivity index (χ1n) is 8.95. The highest BCUT2D eigenvalue weighted by molar-refractivity contribution is 5.78. The Morgan fingerprint density at radius 1 is 0.964 bits per heavy atom. The third-order valence-corrected chi connectivity index (χ3v) is 4.49. The van der Waals surface area contributed by atoms with E-state index in [9.17, 15) is 9.18 Å². The Bertz CT molecular complexity index is 1050. The molecule has 0 atom stereocenters. The molecule has 4 rings (SSSR count). The summed E-state index contributed by atoms with van der Waals surface area (Å²) >= 11 is 0. The Morgan fingerprint density at radius 3 is 2.39 bits per heavy atom. The Labute approximate surface area is 162 Å². The zero-order chi connectivity index (χ0) is 19.3. The maximum atomic E-state index is 14.3. The van der Waals surface area contributed by atoms with E-state index < -0.39 is 0 Å². The molecule has 2 heterocycles. The van der Waals surface area contributed by atoms with Crippen molar-refractivity contribution in [3.8, 4) is 11.4 Å². The van der Waals surface area contributed by atoms with Crippen LogP contribution in [0.4, 0.5) is 4.39 Å². The van der Waals surface area contributed by atoms with Crippen molar-refractivity contribution in [1.29, 1.82) is 0 Å². The summed E-state index contributed by atoms with van der Waals surface area (Å²) in [5.41, 5.74) is 3.10. The largest absolute Gasteiger partial charge is 0.352 e. The average Bonchev–Trinajstić information content (AvgIpc) is 3.41. The second kappa shape index (κ2) is 7.92. The van der Waals surface area contributed by atoms with Crippen molar-refractivity contribution in [3.63, 3.8) is 0 Å². The minimum absolute atomic E-state index is 0.104. The summed E-state index contributed by atoms with van der Waals surface area (Å²) in [5, 5.41) is 2.84. The molecule has 0 fully saturated rings. The molecular weight excluding hydrogens is 355 g/mol. The molecule has 0 saturated carbocycles. The van der Waals surface area contributed by atoms with Crippen LogP contribution in [0.5, 0.6) is 0 Å². The van der Waals surface area contributed by atoms with Crippen LogP contribution in [0.1, 0.15) is 11.1 Å². The van der Waals surface area contributed by atoms with Gasteiger partial charge in [0.15, 0.2) is 0 Å². The number of hydrogen-bond donors (Lipinski definition) is 1. The number of imidazole rings is 1. The molecule has 1 amide bonds. The van der Waals surface area contributed by atoms with E-state index in [4.69, 9.17) is 0 Å². The van der Waals surface area contributed by atoms with E-state index in [1.165, 1.54) is 6.07 Å². The molecule has 0 aliphatic heterocycles. The predicted octanol–water partition coefficient (Wildman–Crippen LogP) is 3.66. The van der Waals surface area contributed by atoms with E-state index in [-0.39, 0.29) is 24.7 Å². The number of benzene rings is 2. The Morgan fingerprint density at radius 2 is 1.71 bits per heavy atom. The maximum absolute atomic E-state index is 14.3. The van der Waals surface area contributed by atoms with Gasteiger partial charge in [0.05, 0.1) is 18.4 Å². The zero-order valence-corrected chi connectivity index (χ0v) is 15.1. The van der Waals surface area contributed by atoms with Crippen LogP contribution in [-0.2, 0) is 17.8 Å². The number of aromatic nitrogens is 3. The molecular formula is C22H19FN4O. The van der Waals surface area contributed by atoms with Crippen molar-refractivity contribution in [3.05, 3.63) is 103 Å². The number of carbonyl (C=O) groups excluding carboxylic acids is 1. The molecule has 0 unspecified atom stereocenters. The van der Waals surface area contributed by atoms with Crippen LogP contribution < -0.4 is 5.32 Å². The predicted molar refractivity (Wildman–Crippen MR) is 105 cm³/mol. The van der Waals surface area contributed by atoms with Crippen LogP contribution >= 0.6 is 0 Å². The third kappa shape index (κ3) is 4.01. The zero-order valence-electron chi connectivity index (χ0n) is 15.1. The van der Waals surface area contributed by atoms with Gasteiger partial charge in [0.25, 0.3) is 0 Å². The Kier molecular flexibility index (Phi) is 5.01. The first-order chi connectivity index (χ1) is 13.7. The lowest BCUT2D eigenvalue weighted by Gasteiger charge is -2.09. The molecule has 28 heavy (non-hydrogen) atoms. The van der Waals surface area contributed by atoms with Gasteiger partial charge in [-0.25, -0.2) is 9.37 Å². The van der Waals surface area contributed by atoms with Gasteiger partial charge in [-0.2, -0.15) is 0 Å². The molecule has 4 aromatic rings. The van der Waals surface area contributed by atoms with Crippen LogP contribution in [0.2, 0.25) is 0 Å². The molecule has 0 saturated heterocycles. The lowest BCUT2D eigenvalue weighted by molar-refractivity contribution is -0.120. The SMILES string of the molecule is O=C(Cc1ccc(-n2cccc2)cc1)NCc1ccc(-n2ccnc2)c(F)c1. The number of hydrogen-bond acceptors (Lipinski definition) is 2.